The molecule has 1 radical (unpaired) electrons. The van der Waals surface area contributed by atoms with E-state index >= 15 is 0 Å². The Hall–Kier alpha value is 0.730. The second-order valence-corrected chi connectivity index (χ2v) is 3.65. The number of halogens is 5. The second kappa shape index (κ2) is 3.04. The summed E-state index contributed by atoms with van der Waals surface area (Å²) in [6.45, 7) is 0. The van der Waals surface area contributed by atoms with Crippen LogP contribution in [0.2, 0.25) is 0 Å². The number of hydrogen-bond donors (Lipinski definition) is 0. The van der Waals surface area contributed by atoms with Gasteiger partial charge in [-0.1, -0.05) is 34.8 Å². The van der Waals surface area contributed by atoms with E-state index in [1.165, 1.54) is 0 Å². The first-order valence-corrected chi connectivity index (χ1v) is 2.79. The Bertz CT molecular complexity index is 67.4. The van der Waals surface area contributed by atoms with Crippen molar-refractivity contribution in [1.82, 2.24) is 0 Å². The van der Waals surface area contributed by atoms with Crippen molar-refractivity contribution in [2.24, 2.45) is 0 Å². The molecule has 0 aromatic rings. The molecule has 0 amide bonds. The molecule has 0 saturated heterocycles. The molecule has 0 nitrogen and oxygen atoms in total. The smallest absolute Gasteiger partial charge is 0.200 e. The summed E-state index contributed by atoms with van der Waals surface area (Å²) in [5, 5.41) is 0. The van der Waals surface area contributed by atoms with Crippen LogP contribution in [0.1, 0.15) is 6.42 Å². The van der Waals surface area contributed by atoms with E-state index in [2.05, 4.69) is 0 Å². The monoisotopic (exact) mass is 181 g/mol. The highest BCUT2D eigenvalue weighted by molar-refractivity contribution is 6.67. The van der Waals surface area contributed by atoms with Gasteiger partial charge in [-0.2, -0.15) is 8.78 Å². The summed E-state index contributed by atoms with van der Waals surface area (Å²) in [6, 6.07) is 0. The molecular formula is C3H2Cl3F2. The molecule has 49 valence electrons. The van der Waals surface area contributed by atoms with Crippen LogP contribution in [0, 0.1) is 6.43 Å². The summed E-state index contributed by atoms with van der Waals surface area (Å²) in [6.07, 6.45) is -2.66. The molecule has 0 aromatic carbocycles. The summed E-state index contributed by atoms with van der Waals surface area (Å²) >= 11 is 14.9. The van der Waals surface area contributed by atoms with Crippen molar-refractivity contribution < 1.29 is 8.78 Å². The van der Waals surface area contributed by atoms with Crippen molar-refractivity contribution in [3.8, 4) is 0 Å². The van der Waals surface area contributed by atoms with Crippen molar-refractivity contribution in [3.63, 3.8) is 0 Å². The van der Waals surface area contributed by atoms with Crippen LogP contribution in [0.4, 0.5) is 8.78 Å². The lowest BCUT2D eigenvalue weighted by Crippen LogP contribution is -2.03. The van der Waals surface area contributed by atoms with Crippen LogP contribution in [0.25, 0.3) is 0 Å². The molecular weight excluding hydrogens is 180 g/mol. The minimum Gasteiger partial charge on any atom is -0.200 e. The van der Waals surface area contributed by atoms with E-state index in [1.54, 1.807) is 0 Å². The Balaban J connectivity index is 3.39. The van der Waals surface area contributed by atoms with E-state index in [9.17, 15) is 8.78 Å². The highest BCUT2D eigenvalue weighted by Gasteiger charge is 2.26. The van der Waals surface area contributed by atoms with Gasteiger partial charge in [0.25, 0.3) is 0 Å². The largest absolute Gasteiger partial charge is 0.314 e. The zero-order valence-electron chi connectivity index (χ0n) is 3.60. The van der Waals surface area contributed by atoms with Crippen molar-refractivity contribution in [1.29, 1.82) is 0 Å². The summed E-state index contributed by atoms with van der Waals surface area (Å²) in [5.74, 6) is 0. The van der Waals surface area contributed by atoms with E-state index in [0.717, 1.165) is 0 Å². The Morgan fingerprint density at radius 2 is 1.62 bits per heavy atom. The molecule has 0 aromatic heterocycles. The summed E-state index contributed by atoms with van der Waals surface area (Å²) in [4.78, 5) is 0. The van der Waals surface area contributed by atoms with Crippen LogP contribution in [0.3, 0.4) is 0 Å². The number of alkyl halides is 3. The fraction of sp³-hybridized carbons (Fsp3) is 0.667. The van der Waals surface area contributed by atoms with Gasteiger partial charge in [-0.05, 0) is 0 Å². The molecule has 0 heterocycles. The lowest BCUT2D eigenvalue weighted by atomic mass is 10.5. The predicted octanol–water partition coefficient (Wildman–Crippen LogP) is 3.18. The first kappa shape index (κ1) is 8.73. The maximum Gasteiger partial charge on any atom is 0.314 e. The zero-order valence-corrected chi connectivity index (χ0v) is 5.86. The van der Waals surface area contributed by atoms with Gasteiger partial charge in [0.05, 0.1) is 6.42 Å². The van der Waals surface area contributed by atoms with Crippen LogP contribution in [0.15, 0.2) is 0 Å². The minimum absolute atomic E-state index is 0.794. The second-order valence-electron chi connectivity index (χ2n) is 1.13. The molecule has 0 rings (SSSR count). The first-order chi connectivity index (χ1) is 3.42. The molecule has 5 heteroatoms. The highest BCUT2D eigenvalue weighted by Crippen LogP contribution is 2.34. The molecule has 8 heavy (non-hydrogen) atoms. The quantitative estimate of drug-likeness (QED) is 0.546. The third-order valence-electron chi connectivity index (χ3n) is 0.334. The molecule has 0 aliphatic carbocycles. The first-order valence-electron chi connectivity index (χ1n) is 1.65. The number of rotatable bonds is 1. The van der Waals surface area contributed by atoms with Gasteiger partial charge in [0.1, 0.15) is 0 Å². The normalized spacial score (nSPS) is 12.8. The third-order valence-corrected chi connectivity index (χ3v) is 0.735. The predicted molar refractivity (Wildman–Crippen MR) is 30.4 cm³/mol. The van der Waals surface area contributed by atoms with Gasteiger partial charge in [0.15, 0.2) is 3.79 Å². The van der Waals surface area contributed by atoms with Crippen LogP contribution in [-0.4, -0.2) is 3.79 Å². The molecule has 0 fully saturated rings. The van der Waals surface area contributed by atoms with Crippen molar-refractivity contribution in [3.05, 3.63) is 6.43 Å². The van der Waals surface area contributed by atoms with Gasteiger partial charge in [-0.25, -0.2) is 0 Å². The van der Waals surface area contributed by atoms with Gasteiger partial charge in [-0.15, -0.1) is 0 Å². The average molecular weight is 182 g/mol. The van der Waals surface area contributed by atoms with E-state index < -0.39 is 16.6 Å². The van der Waals surface area contributed by atoms with Crippen molar-refractivity contribution in [2.45, 2.75) is 10.2 Å². The zero-order chi connectivity index (χ0) is 6.78. The fourth-order valence-corrected chi connectivity index (χ4v) is 0.455. The van der Waals surface area contributed by atoms with E-state index in [-0.39, 0.29) is 0 Å². The van der Waals surface area contributed by atoms with E-state index in [0.29, 0.717) is 0 Å². The average Bonchev–Trinajstić information content (AvgIpc) is 1.21. The standard InChI is InChI=1S/C3H2Cl3F2/c4-3(5,6)1-2(7)8/h1H2. The maximum atomic E-state index is 11.2. The van der Waals surface area contributed by atoms with Crippen LogP contribution in [-0.2, 0) is 0 Å². The Morgan fingerprint density at radius 1 is 1.25 bits per heavy atom. The van der Waals surface area contributed by atoms with Crippen LogP contribution in [0.5, 0.6) is 0 Å². The topological polar surface area (TPSA) is 0 Å². The highest BCUT2D eigenvalue weighted by atomic mass is 35.6. The molecule has 0 bridgehead atoms. The van der Waals surface area contributed by atoms with Crippen LogP contribution >= 0.6 is 34.8 Å². The van der Waals surface area contributed by atoms with Gasteiger partial charge in [0.2, 0.25) is 0 Å². The van der Waals surface area contributed by atoms with Crippen LogP contribution < -0.4 is 0 Å². The molecule has 0 aliphatic rings. The molecule has 0 unspecified atom stereocenters. The summed E-state index contributed by atoms with van der Waals surface area (Å²) < 4.78 is 20.5. The molecule has 0 N–H and O–H groups in total. The summed E-state index contributed by atoms with van der Waals surface area (Å²) in [5.41, 5.74) is 0. The maximum absolute atomic E-state index is 11.2. The molecule has 0 atom stereocenters. The van der Waals surface area contributed by atoms with E-state index in [4.69, 9.17) is 34.8 Å². The molecule has 0 aliphatic heterocycles. The fourth-order valence-electron chi connectivity index (χ4n) is 0.152. The van der Waals surface area contributed by atoms with Crippen molar-refractivity contribution >= 4 is 34.8 Å². The Labute approximate surface area is 60.7 Å². The Morgan fingerprint density at radius 3 is 1.62 bits per heavy atom. The van der Waals surface area contributed by atoms with Crippen molar-refractivity contribution in [2.75, 3.05) is 0 Å². The SMILES string of the molecule is F[C](F)CC(Cl)(Cl)Cl. The lowest BCUT2D eigenvalue weighted by molar-refractivity contribution is 0.272. The van der Waals surface area contributed by atoms with Gasteiger partial charge in [0, 0.05) is 0 Å². The Kier molecular flexibility index (Phi) is 3.32. The minimum atomic E-state index is -1.87. The molecule has 0 saturated carbocycles. The van der Waals surface area contributed by atoms with Gasteiger partial charge < -0.3 is 0 Å². The number of hydrogen-bond acceptors (Lipinski definition) is 0. The lowest BCUT2D eigenvalue weighted by Gasteiger charge is -2.06. The molecule has 0 spiro atoms. The van der Waals surface area contributed by atoms with Gasteiger partial charge >= 0.3 is 6.43 Å². The summed E-state index contributed by atoms with van der Waals surface area (Å²) in [7, 11) is 0. The van der Waals surface area contributed by atoms with Gasteiger partial charge in [-0.3, -0.25) is 0 Å². The van der Waals surface area contributed by atoms with E-state index in [1.807, 2.05) is 0 Å². The third kappa shape index (κ3) is 6.73.